The Balaban J connectivity index is 1.74. The second kappa shape index (κ2) is 5.08. The molecule has 0 amide bonds. The monoisotopic (exact) mass is 256 g/mol. The van der Waals surface area contributed by atoms with E-state index in [0.717, 1.165) is 19.6 Å². The maximum atomic E-state index is 12.4. The minimum Gasteiger partial charge on any atom is -0.377 e. The molecule has 0 radical (unpaired) electrons. The zero-order valence-electron chi connectivity index (χ0n) is 11.4. The molecule has 1 aromatic rings. The fourth-order valence-electron chi connectivity index (χ4n) is 3.03. The summed E-state index contributed by atoms with van der Waals surface area (Å²) in [7, 11) is 2.05. The zero-order chi connectivity index (χ0) is 13.2. The lowest BCUT2D eigenvalue weighted by Crippen LogP contribution is -2.20. The van der Waals surface area contributed by atoms with E-state index in [0.29, 0.717) is 0 Å². The predicted molar refractivity (Wildman–Crippen MR) is 77.4 cm³/mol. The molecule has 0 bridgehead atoms. The molecule has 2 aliphatic heterocycles. The van der Waals surface area contributed by atoms with Gasteiger partial charge in [-0.2, -0.15) is 0 Å². The number of benzene rings is 1. The Bertz CT molecular complexity index is 503. The summed E-state index contributed by atoms with van der Waals surface area (Å²) >= 11 is 0. The number of fused-ring (bicyclic) bond motifs is 1. The van der Waals surface area contributed by atoms with Crippen LogP contribution in [0.5, 0.6) is 0 Å². The number of hydrogen-bond donors (Lipinski definition) is 0. The molecule has 0 N–H and O–H groups in total. The number of allylic oxidation sites excluding steroid dienone is 1. The van der Waals surface area contributed by atoms with Crippen molar-refractivity contribution in [3.63, 3.8) is 0 Å². The van der Waals surface area contributed by atoms with Gasteiger partial charge in [-0.05, 0) is 30.5 Å². The highest BCUT2D eigenvalue weighted by Gasteiger charge is 2.30. The number of carbonyl (C=O) groups excluding carboxylic acids is 1. The van der Waals surface area contributed by atoms with E-state index in [4.69, 9.17) is 0 Å². The summed E-state index contributed by atoms with van der Waals surface area (Å²) in [5, 5.41) is 0. The number of para-hydroxylation sites is 1. The standard InChI is InChI=1S/C16H20N2O/c1-17-12-14(13-6-2-3-7-15(13)17)16(19)8-11-18-9-4-5-10-18/h2-3,6-8,11,14H,4-5,9-10,12H2,1H3/b11-8+. The molecule has 19 heavy (non-hydrogen) atoms. The molecule has 2 heterocycles. The predicted octanol–water partition coefficient (Wildman–Crippen LogP) is 2.40. The van der Waals surface area contributed by atoms with Crippen LogP contribution in [0, 0.1) is 0 Å². The van der Waals surface area contributed by atoms with Crippen molar-refractivity contribution >= 4 is 11.5 Å². The summed E-state index contributed by atoms with van der Waals surface area (Å²) in [5.74, 6) is 0.226. The van der Waals surface area contributed by atoms with Crippen molar-refractivity contribution in [1.82, 2.24) is 4.90 Å². The lowest BCUT2D eigenvalue weighted by molar-refractivity contribution is -0.115. The van der Waals surface area contributed by atoms with Crippen LogP contribution in [0.2, 0.25) is 0 Å². The molecular formula is C16H20N2O. The molecule has 0 aromatic heterocycles. The maximum Gasteiger partial charge on any atom is 0.166 e. The van der Waals surface area contributed by atoms with Gasteiger partial charge in [0.05, 0.1) is 5.92 Å². The molecule has 3 nitrogen and oxygen atoms in total. The van der Waals surface area contributed by atoms with Crippen LogP contribution in [0.4, 0.5) is 5.69 Å². The first kappa shape index (κ1) is 12.3. The largest absolute Gasteiger partial charge is 0.377 e. The Morgan fingerprint density at radius 2 is 2.00 bits per heavy atom. The summed E-state index contributed by atoms with van der Waals surface area (Å²) < 4.78 is 0. The van der Waals surface area contributed by atoms with Crippen LogP contribution in [0.25, 0.3) is 0 Å². The molecule has 3 heteroatoms. The zero-order valence-corrected chi connectivity index (χ0v) is 11.4. The van der Waals surface area contributed by atoms with Gasteiger partial charge in [-0.3, -0.25) is 4.79 Å². The third-order valence-electron chi connectivity index (χ3n) is 4.11. The molecule has 2 aliphatic rings. The maximum absolute atomic E-state index is 12.4. The average molecular weight is 256 g/mol. The molecule has 100 valence electrons. The fourth-order valence-corrected chi connectivity index (χ4v) is 3.03. The van der Waals surface area contributed by atoms with E-state index in [-0.39, 0.29) is 11.7 Å². The first-order chi connectivity index (χ1) is 9.25. The smallest absolute Gasteiger partial charge is 0.166 e. The summed E-state index contributed by atoms with van der Waals surface area (Å²) in [6, 6.07) is 8.21. The number of carbonyl (C=O) groups is 1. The van der Waals surface area contributed by atoms with E-state index in [2.05, 4.69) is 29.0 Å². The van der Waals surface area contributed by atoms with E-state index in [1.54, 1.807) is 6.08 Å². The molecule has 1 fully saturated rings. The number of likely N-dealkylation sites (tertiary alicyclic amines) is 1. The van der Waals surface area contributed by atoms with Crippen LogP contribution >= 0.6 is 0 Å². The van der Waals surface area contributed by atoms with Crippen molar-refractivity contribution in [3.8, 4) is 0 Å². The third-order valence-corrected chi connectivity index (χ3v) is 4.11. The Labute approximate surface area is 114 Å². The van der Waals surface area contributed by atoms with E-state index in [1.807, 2.05) is 18.3 Å². The Kier molecular flexibility index (Phi) is 3.28. The lowest BCUT2D eigenvalue weighted by Gasteiger charge is -2.12. The Morgan fingerprint density at radius 3 is 2.79 bits per heavy atom. The van der Waals surface area contributed by atoms with E-state index < -0.39 is 0 Å². The van der Waals surface area contributed by atoms with E-state index in [1.165, 1.54) is 24.1 Å². The lowest BCUT2D eigenvalue weighted by atomic mass is 9.97. The topological polar surface area (TPSA) is 23.6 Å². The van der Waals surface area contributed by atoms with Crippen molar-refractivity contribution in [1.29, 1.82) is 0 Å². The minimum atomic E-state index is 0.0000491. The molecular weight excluding hydrogens is 236 g/mol. The fraction of sp³-hybridized carbons (Fsp3) is 0.438. The van der Waals surface area contributed by atoms with Crippen molar-refractivity contribution in [2.75, 3.05) is 31.6 Å². The van der Waals surface area contributed by atoms with Gasteiger partial charge in [0.15, 0.2) is 5.78 Å². The van der Waals surface area contributed by atoms with Crippen LogP contribution in [-0.2, 0) is 4.79 Å². The van der Waals surface area contributed by atoms with Gasteiger partial charge in [-0.1, -0.05) is 18.2 Å². The van der Waals surface area contributed by atoms with Crippen LogP contribution in [0.1, 0.15) is 24.3 Å². The normalized spacial score (nSPS) is 22.3. The highest BCUT2D eigenvalue weighted by molar-refractivity contribution is 5.98. The summed E-state index contributed by atoms with van der Waals surface area (Å²) in [6.45, 7) is 2.97. The highest BCUT2D eigenvalue weighted by atomic mass is 16.1. The van der Waals surface area contributed by atoms with E-state index >= 15 is 0 Å². The van der Waals surface area contributed by atoms with Crippen molar-refractivity contribution in [2.45, 2.75) is 18.8 Å². The Morgan fingerprint density at radius 1 is 1.26 bits per heavy atom. The van der Waals surface area contributed by atoms with Crippen LogP contribution < -0.4 is 4.90 Å². The molecule has 3 rings (SSSR count). The third kappa shape index (κ3) is 2.37. The number of anilines is 1. The van der Waals surface area contributed by atoms with Crippen molar-refractivity contribution in [3.05, 3.63) is 42.1 Å². The number of likely N-dealkylation sites (N-methyl/N-ethyl adjacent to an activating group) is 1. The molecule has 0 spiro atoms. The first-order valence-corrected chi connectivity index (χ1v) is 7.02. The average Bonchev–Trinajstić information content (AvgIpc) is 3.05. The molecule has 1 unspecified atom stereocenters. The summed E-state index contributed by atoms with van der Waals surface area (Å²) in [6.07, 6.45) is 6.24. The van der Waals surface area contributed by atoms with Crippen LogP contribution in [0.15, 0.2) is 36.5 Å². The number of nitrogens with zero attached hydrogens (tertiary/aromatic N) is 2. The van der Waals surface area contributed by atoms with Gasteiger partial charge in [0.25, 0.3) is 0 Å². The second-order valence-electron chi connectivity index (χ2n) is 5.45. The van der Waals surface area contributed by atoms with Crippen molar-refractivity contribution < 1.29 is 4.79 Å². The first-order valence-electron chi connectivity index (χ1n) is 7.02. The van der Waals surface area contributed by atoms with Gasteiger partial charge >= 0.3 is 0 Å². The van der Waals surface area contributed by atoms with Crippen molar-refractivity contribution in [2.24, 2.45) is 0 Å². The van der Waals surface area contributed by atoms with Gasteiger partial charge < -0.3 is 9.80 Å². The molecule has 0 aliphatic carbocycles. The van der Waals surface area contributed by atoms with Crippen LogP contribution in [0.3, 0.4) is 0 Å². The molecule has 1 atom stereocenters. The SMILES string of the molecule is CN1CC(C(=O)/C=C/N2CCCC2)c2ccccc21. The minimum absolute atomic E-state index is 0.0000491. The van der Waals surface area contributed by atoms with Crippen LogP contribution in [-0.4, -0.2) is 37.4 Å². The molecule has 1 aromatic carbocycles. The Hall–Kier alpha value is -1.77. The van der Waals surface area contributed by atoms with Gasteiger partial charge in [0.2, 0.25) is 0 Å². The number of rotatable bonds is 3. The van der Waals surface area contributed by atoms with Gasteiger partial charge in [0, 0.05) is 38.6 Å². The highest BCUT2D eigenvalue weighted by Crippen LogP contribution is 2.35. The number of ketones is 1. The van der Waals surface area contributed by atoms with Gasteiger partial charge in [0.1, 0.15) is 0 Å². The number of hydrogen-bond acceptors (Lipinski definition) is 3. The second-order valence-corrected chi connectivity index (χ2v) is 5.45. The quantitative estimate of drug-likeness (QED) is 0.776. The molecule has 0 saturated carbocycles. The van der Waals surface area contributed by atoms with E-state index in [9.17, 15) is 4.79 Å². The summed E-state index contributed by atoms with van der Waals surface area (Å²) in [5.41, 5.74) is 2.36. The summed E-state index contributed by atoms with van der Waals surface area (Å²) in [4.78, 5) is 16.8. The molecule has 1 saturated heterocycles. The van der Waals surface area contributed by atoms with Gasteiger partial charge in [-0.15, -0.1) is 0 Å². The van der Waals surface area contributed by atoms with Gasteiger partial charge in [-0.25, -0.2) is 0 Å².